The van der Waals surface area contributed by atoms with Crippen LogP contribution in [-0.2, 0) is 0 Å². The zero-order valence-electron chi connectivity index (χ0n) is 15.7. The Labute approximate surface area is 142 Å². The van der Waals surface area contributed by atoms with Gasteiger partial charge in [-0.1, -0.05) is 31.3 Å². The fourth-order valence-corrected chi connectivity index (χ4v) is 0.999. The quantitative estimate of drug-likeness (QED) is 0.822. The first-order valence-electron chi connectivity index (χ1n) is 7.64. The smallest absolute Gasteiger partial charge is 0.119 e. The Hall–Kier alpha value is -1.51. The molecule has 128 valence electrons. The highest BCUT2D eigenvalue weighted by Crippen LogP contribution is 2.19. The molecular formula is C18H30BNO3. The average Bonchev–Trinajstić information content (AvgIpc) is 2.41. The van der Waals surface area contributed by atoms with E-state index < -0.39 is 11.2 Å². The van der Waals surface area contributed by atoms with Crippen molar-refractivity contribution in [2.75, 3.05) is 7.11 Å². The molecule has 0 aromatic heterocycles. The molecule has 0 amide bonds. The van der Waals surface area contributed by atoms with E-state index in [9.17, 15) is 0 Å². The minimum Gasteiger partial charge on any atom is -0.497 e. The van der Waals surface area contributed by atoms with Gasteiger partial charge in [0.25, 0.3) is 0 Å². The number of methoxy groups -OCH3 is 1. The molecule has 0 unspecified atom stereocenters. The Bertz CT molecular complexity index is 497. The van der Waals surface area contributed by atoms with Crippen LogP contribution in [0.5, 0.6) is 5.75 Å². The minimum absolute atomic E-state index is 0.562. The van der Waals surface area contributed by atoms with E-state index in [0.717, 1.165) is 5.56 Å². The SMILES string of the molecule is CC(C)(O)C(C)(C)O.CCC.[B]c1c(C)cc(C#N)cc1OC. The first kappa shape index (κ1) is 23.8. The van der Waals surface area contributed by atoms with Crippen LogP contribution in [0.2, 0.25) is 0 Å². The molecule has 0 aliphatic heterocycles. The van der Waals surface area contributed by atoms with Crippen molar-refractivity contribution in [2.45, 2.75) is 66.1 Å². The van der Waals surface area contributed by atoms with Crippen molar-refractivity contribution in [3.05, 3.63) is 23.3 Å². The Morgan fingerprint density at radius 3 is 1.78 bits per heavy atom. The largest absolute Gasteiger partial charge is 0.497 e. The van der Waals surface area contributed by atoms with Gasteiger partial charge in [-0.3, -0.25) is 0 Å². The van der Waals surface area contributed by atoms with E-state index in [1.165, 1.54) is 13.5 Å². The molecular weight excluding hydrogens is 289 g/mol. The van der Waals surface area contributed by atoms with Crippen molar-refractivity contribution in [2.24, 2.45) is 0 Å². The summed E-state index contributed by atoms with van der Waals surface area (Å²) in [6, 6.07) is 5.40. The van der Waals surface area contributed by atoms with E-state index in [0.29, 0.717) is 16.8 Å². The van der Waals surface area contributed by atoms with E-state index in [1.54, 1.807) is 39.8 Å². The van der Waals surface area contributed by atoms with E-state index in [-0.39, 0.29) is 0 Å². The van der Waals surface area contributed by atoms with Gasteiger partial charge in [-0.25, -0.2) is 0 Å². The summed E-state index contributed by atoms with van der Waals surface area (Å²) in [6.07, 6.45) is 1.25. The lowest BCUT2D eigenvalue weighted by Gasteiger charge is -2.31. The zero-order valence-corrected chi connectivity index (χ0v) is 15.7. The van der Waals surface area contributed by atoms with E-state index in [2.05, 4.69) is 13.8 Å². The van der Waals surface area contributed by atoms with Crippen LogP contribution in [0.3, 0.4) is 0 Å². The third-order valence-corrected chi connectivity index (χ3v) is 3.20. The van der Waals surface area contributed by atoms with Gasteiger partial charge in [0.2, 0.25) is 0 Å². The highest BCUT2D eigenvalue weighted by molar-refractivity contribution is 6.35. The summed E-state index contributed by atoms with van der Waals surface area (Å²) in [5.41, 5.74) is 0.0148. The van der Waals surface area contributed by atoms with Gasteiger partial charge < -0.3 is 14.9 Å². The van der Waals surface area contributed by atoms with Gasteiger partial charge in [-0.15, -0.1) is 0 Å². The van der Waals surface area contributed by atoms with Crippen LogP contribution < -0.4 is 10.2 Å². The number of nitriles is 1. The molecule has 0 saturated carbocycles. The van der Waals surface area contributed by atoms with Crippen molar-refractivity contribution in [3.63, 3.8) is 0 Å². The summed E-state index contributed by atoms with van der Waals surface area (Å²) < 4.78 is 4.99. The molecule has 0 atom stereocenters. The summed E-state index contributed by atoms with van der Waals surface area (Å²) >= 11 is 0. The summed E-state index contributed by atoms with van der Waals surface area (Å²) in [5, 5.41) is 26.8. The lowest BCUT2D eigenvalue weighted by atomic mass is 9.89. The Kier molecular flexibility index (Phi) is 10.6. The van der Waals surface area contributed by atoms with E-state index in [4.69, 9.17) is 28.1 Å². The van der Waals surface area contributed by atoms with E-state index >= 15 is 0 Å². The first-order valence-corrected chi connectivity index (χ1v) is 7.64. The van der Waals surface area contributed by atoms with Crippen LogP contribution >= 0.6 is 0 Å². The van der Waals surface area contributed by atoms with Crippen LogP contribution in [0.25, 0.3) is 0 Å². The summed E-state index contributed by atoms with van der Waals surface area (Å²) in [5.74, 6) is 0.562. The molecule has 2 N–H and O–H groups in total. The maximum Gasteiger partial charge on any atom is 0.119 e. The number of hydrogen-bond donors (Lipinski definition) is 2. The van der Waals surface area contributed by atoms with Crippen molar-refractivity contribution in [3.8, 4) is 11.8 Å². The summed E-state index contributed by atoms with van der Waals surface area (Å²) in [4.78, 5) is 0. The van der Waals surface area contributed by atoms with Gasteiger partial charge in [-0.05, 0) is 46.8 Å². The highest BCUT2D eigenvalue weighted by Gasteiger charge is 2.31. The topological polar surface area (TPSA) is 73.5 Å². The third-order valence-electron chi connectivity index (χ3n) is 3.20. The highest BCUT2D eigenvalue weighted by atomic mass is 16.5. The lowest BCUT2D eigenvalue weighted by Crippen LogP contribution is -2.44. The van der Waals surface area contributed by atoms with Gasteiger partial charge in [0, 0.05) is 0 Å². The number of aryl methyl sites for hydroxylation is 1. The molecule has 0 fully saturated rings. The molecule has 0 heterocycles. The molecule has 0 bridgehead atoms. The maximum absolute atomic E-state index is 9.10. The van der Waals surface area contributed by atoms with Gasteiger partial charge in [0.15, 0.2) is 0 Å². The second kappa shape index (κ2) is 10.3. The van der Waals surface area contributed by atoms with Crippen LogP contribution in [0.15, 0.2) is 12.1 Å². The first-order chi connectivity index (χ1) is 10.3. The lowest BCUT2D eigenvalue weighted by molar-refractivity contribution is -0.107. The predicted molar refractivity (Wildman–Crippen MR) is 96.4 cm³/mol. The van der Waals surface area contributed by atoms with Crippen LogP contribution in [0.4, 0.5) is 0 Å². The normalized spacial score (nSPS) is 10.5. The standard InChI is InChI=1S/C9H8BNO.C6H14O2.C3H8/c1-6-3-7(5-11)4-8(12-2)9(6)10;1-5(2,7)6(3,4)8;1-3-2/h3-4H,1-2H3;7-8H,1-4H3;3H2,1-2H3. The van der Waals surface area contributed by atoms with Crippen molar-refractivity contribution in [1.29, 1.82) is 5.26 Å². The van der Waals surface area contributed by atoms with Crippen molar-refractivity contribution < 1.29 is 14.9 Å². The maximum atomic E-state index is 9.10. The predicted octanol–water partition coefficient (Wildman–Crippen LogP) is 2.61. The Morgan fingerprint density at radius 2 is 1.52 bits per heavy atom. The molecule has 23 heavy (non-hydrogen) atoms. The summed E-state index contributed by atoms with van der Waals surface area (Å²) in [7, 11) is 7.22. The number of ether oxygens (including phenoxy) is 1. The minimum atomic E-state index is -1.01. The molecule has 0 aliphatic carbocycles. The average molecular weight is 319 g/mol. The fourth-order valence-electron chi connectivity index (χ4n) is 0.999. The molecule has 1 aromatic rings. The molecule has 0 aliphatic rings. The van der Waals surface area contributed by atoms with Crippen molar-refractivity contribution >= 4 is 13.3 Å². The fraction of sp³-hybridized carbons (Fsp3) is 0.611. The number of aliphatic hydroxyl groups is 2. The monoisotopic (exact) mass is 319 g/mol. The van der Waals surface area contributed by atoms with E-state index in [1.807, 2.05) is 13.0 Å². The second-order valence-electron chi connectivity index (χ2n) is 6.35. The van der Waals surface area contributed by atoms with Gasteiger partial charge in [0.1, 0.15) is 13.6 Å². The number of hydrogen-bond acceptors (Lipinski definition) is 4. The Balaban J connectivity index is 0. The van der Waals surface area contributed by atoms with Gasteiger partial charge in [0.05, 0.1) is 29.9 Å². The third kappa shape index (κ3) is 9.27. The molecule has 4 nitrogen and oxygen atoms in total. The van der Waals surface area contributed by atoms with Crippen LogP contribution in [0, 0.1) is 18.3 Å². The molecule has 2 radical (unpaired) electrons. The molecule has 5 heteroatoms. The second-order valence-corrected chi connectivity index (χ2v) is 6.35. The molecule has 1 aromatic carbocycles. The molecule has 0 spiro atoms. The van der Waals surface area contributed by atoms with Gasteiger partial charge >= 0.3 is 0 Å². The zero-order chi connectivity index (χ0) is 18.8. The number of nitrogens with zero attached hydrogens (tertiary/aromatic N) is 1. The number of rotatable bonds is 2. The van der Waals surface area contributed by atoms with Crippen molar-refractivity contribution in [1.82, 2.24) is 0 Å². The Morgan fingerprint density at radius 1 is 1.13 bits per heavy atom. The molecule has 1 rings (SSSR count). The molecule has 0 saturated heterocycles. The van der Waals surface area contributed by atoms with Gasteiger partial charge in [-0.2, -0.15) is 5.26 Å². The van der Waals surface area contributed by atoms with Crippen LogP contribution in [-0.4, -0.2) is 36.4 Å². The van der Waals surface area contributed by atoms with Crippen LogP contribution in [0.1, 0.15) is 59.1 Å². The number of benzene rings is 1. The summed E-state index contributed by atoms with van der Waals surface area (Å²) in [6.45, 7) is 12.4.